The highest BCUT2D eigenvalue weighted by molar-refractivity contribution is 5.90. The Balaban J connectivity index is 1.32. The fourth-order valence-corrected chi connectivity index (χ4v) is 3.69. The van der Waals surface area contributed by atoms with E-state index in [1.54, 1.807) is 0 Å². The number of rotatable bonds is 6. The van der Waals surface area contributed by atoms with Gasteiger partial charge >= 0.3 is 0 Å². The van der Waals surface area contributed by atoms with Crippen LogP contribution in [-0.4, -0.2) is 15.5 Å². The van der Waals surface area contributed by atoms with Gasteiger partial charge < -0.3 is 9.88 Å². The Labute approximate surface area is 160 Å². The van der Waals surface area contributed by atoms with Crippen LogP contribution in [0.1, 0.15) is 36.9 Å². The summed E-state index contributed by atoms with van der Waals surface area (Å²) >= 11 is 0. The molecule has 138 valence electrons. The highest BCUT2D eigenvalue weighted by atomic mass is 16.1. The number of hydrogen-bond donors (Lipinski definition) is 1. The Morgan fingerprint density at radius 2 is 1.85 bits per heavy atom. The molecule has 0 unspecified atom stereocenters. The van der Waals surface area contributed by atoms with Gasteiger partial charge in [-0.25, -0.2) is 4.98 Å². The lowest BCUT2D eigenvalue weighted by Gasteiger charge is -2.16. The molecule has 1 aromatic heterocycles. The second-order valence-electron chi connectivity index (χ2n) is 7.15. The molecule has 3 aromatic rings. The summed E-state index contributed by atoms with van der Waals surface area (Å²) in [7, 11) is 0. The average Bonchev–Trinajstić information content (AvgIpc) is 3.14. The highest BCUT2D eigenvalue weighted by Gasteiger charge is 2.15. The molecule has 0 saturated carbocycles. The summed E-state index contributed by atoms with van der Waals surface area (Å²) in [5.41, 5.74) is 4.55. The van der Waals surface area contributed by atoms with Crippen molar-refractivity contribution in [1.82, 2.24) is 9.55 Å². The van der Waals surface area contributed by atoms with Crippen molar-refractivity contribution >= 4 is 11.6 Å². The Hall–Kier alpha value is -2.88. The van der Waals surface area contributed by atoms with E-state index in [-0.39, 0.29) is 5.91 Å². The number of hydrogen-bond acceptors (Lipinski definition) is 2. The van der Waals surface area contributed by atoms with Crippen LogP contribution >= 0.6 is 0 Å². The van der Waals surface area contributed by atoms with Crippen molar-refractivity contribution < 1.29 is 4.79 Å². The number of nitrogens with zero attached hydrogens (tertiary/aromatic N) is 2. The molecule has 2 aromatic carbocycles. The van der Waals surface area contributed by atoms with Crippen molar-refractivity contribution in [3.8, 4) is 11.4 Å². The smallest absolute Gasteiger partial charge is 0.224 e. The summed E-state index contributed by atoms with van der Waals surface area (Å²) < 4.78 is 2.32. The SMILES string of the molecule is O=C(CCCc1ccccc1)Nc1ccc(-c2ncc3n2CCCC3)cc1. The molecule has 1 aliphatic rings. The fourth-order valence-electron chi connectivity index (χ4n) is 3.69. The Morgan fingerprint density at radius 3 is 2.67 bits per heavy atom. The molecular weight excluding hydrogens is 334 g/mol. The number of nitrogens with one attached hydrogen (secondary N) is 1. The first kappa shape index (κ1) is 17.5. The quantitative estimate of drug-likeness (QED) is 0.684. The topological polar surface area (TPSA) is 46.9 Å². The number of imidazole rings is 1. The van der Waals surface area contributed by atoms with Gasteiger partial charge in [-0.15, -0.1) is 0 Å². The Kier molecular flexibility index (Phi) is 5.33. The van der Waals surface area contributed by atoms with Crippen molar-refractivity contribution in [1.29, 1.82) is 0 Å². The van der Waals surface area contributed by atoms with Crippen LogP contribution in [0.2, 0.25) is 0 Å². The Bertz CT molecular complexity index is 897. The molecule has 0 spiro atoms. The summed E-state index contributed by atoms with van der Waals surface area (Å²) in [4.78, 5) is 16.8. The van der Waals surface area contributed by atoms with E-state index in [9.17, 15) is 4.79 Å². The maximum atomic E-state index is 12.2. The van der Waals surface area contributed by atoms with Gasteiger partial charge in [0, 0.05) is 36.1 Å². The third kappa shape index (κ3) is 4.27. The zero-order chi connectivity index (χ0) is 18.5. The van der Waals surface area contributed by atoms with Crippen LogP contribution in [0, 0.1) is 0 Å². The molecule has 0 aliphatic carbocycles. The predicted molar refractivity (Wildman–Crippen MR) is 109 cm³/mol. The van der Waals surface area contributed by atoms with Crippen molar-refractivity contribution in [2.45, 2.75) is 45.1 Å². The van der Waals surface area contributed by atoms with Crippen LogP contribution in [0.15, 0.2) is 60.8 Å². The van der Waals surface area contributed by atoms with Crippen LogP contribution in [0.25, 0.3) is 11.4 Å². The molecule has 0 atom stereocenters. The number of amides is 1. The number of aromatic nitrogens is 2. The van der Waals surface area contributed by atoms with E-state index < -0.39 is 0 Å². The van der Waals surface area contributed by atoms with Crippen molar-refractivity contribution in [3.63, 3.8) is 0 Å². The first-order valence-electron chi connectivity index (χ1n) is 9.78. The summed E-state index contributed by atoms with van der Waals surface area (Å²) in [6.07, 6.45) is 7.89. The number of anilines is 1. The monoisotopic (exact) mass is 359 g/mol. The standard InChI is InChI=1S/C23H25N3O/c27-22(11-6-9-18-7-2-1-3-8-18)25-20-14-12-19(13-15-20)23-24-17-21-10-4-5-16-26(21)23/h1-3,7-8,12-15,17H,4-6,9-11,16H2,(H,25,27). The normalized spacial score (nSPS) is 13.2. The number of carbonyl (C=O) groups is 1. The lowest BCUT2D eigenvalue weighted by Crippen LogP contribution is -2.12. The molecular formula is C23H25N3O. The second kappa shape index (κ2) is 8.21. The molecule has 0 fully saturated rings. The molecule has 1 aliphatic heterocycles. The molecule has 4 nitrogen and oxygen atoms in total. The van der Waals surface area contributed by atoms with Crippen LogP contribution < -0.4 is 5.32 Å². The highest BCUT2D eigenvalue weighted by Crippen LogP contribution is 2.25. The van der Waals surface area contributed by atoms with Crippen molar-refractivity contribution in [3.05, 3.63) is 72.1 Å². The van der Waals surface area contributed by atoms with E-state index in [4.69, 9.17) is 0 Å². The number of carbonyl (C=O) groups excluding carboxylic acids is 1. The van der Waals surface area contributed by atoms with Crippen molar-refractivity contribution in [2.24, 2.45) is 0 Å². The summed E-state index contributed by atoms with van der Waals surface area (Å²) in [6.45, 7) is 1.05. The fraction of sp³-hybridized carbons (Fsp3) is 0.304. The maximum Gasteiger partial charge on any atom is 0.224 e. The molecule has 4 rings (SSSR count). The second-order valence-corrected chi connectivity index (χ2v) is 7.15. The lowest BCUT2D eigenvalue weighted by atomic mass is 10.1. The van der Waals surface area contributed by atoms with Gasteiger partial charge in [0.2, 0.25) is 5.91 Å². The van der Waals surface area contributed by atoms with Crippen LogP contribution in [0.4, 0.5) is 5.69 Å². The lowest BCUT2D eigenvalue weighted by molar-refractivity contribution is -0.116. The summed E-state index contributed by atoms with van der Waals surface area (Å²) in [6, 6.07) is 18.3. The molecule has 0 saturated heterocycles. The number of benzene rings is 2. The molecule has 1 N–H and O–H groups in total. The molecule has 1 amide bonds. The van der Waals surface area contributed by atoms with E-state index in [0.29, 0.717) is 6.42 Å². The minimum atomic E-state index is 0.0665. The van der Waals surface area contributed by atoms with Gasteiger partial charge in [-0.1, -0.05) is 30.3 Å². The maximum absolute atomic E-state index is 12.2. The minimum Gasteiger partial charge on any atom is -0.328 e. The van der Waals surface area contributed by atoms with E-state index in [1.165, 1.54) is 24.1 Å². The van der Waals surface area contributed by atoms with Gasteiger partial charge in [0.1, 0.15) is 5.82 Å². The number of aryl methyl sites for hydroxylation is 2. The van der Waals surface area contributed by atoms with E-state index >= 15 is 0 Å². The zero-order valence-corrected chi connectivity index (χ0v) is 15.5. The van der Waals surface area contributed by atoms with E-state index in [2.05, 4.69) is 27.0 Å². The summed E-state index contributed by atoms with van der Waals surface area (Å²) in [5, 5.41) is 3.00. The third-order valence-electron chi connectivity index (χ3n) is 5.14. The minimum absolute atomic E-state index is 0.0665. The zero-order valence-electron chi connectivity index (χ0n) is 15.5. The molecule has 0 bridgehead atoms. The largest absolute Gasteiger partial charge is 0.328 e. The van der Waals surface area contributed by atoms with Gasteiger partial charge in [-0.3, -0.25) is 4.79 Å². The van der Waals surface area contributed by atoms with Gasteiger partial charge in [0.25, 0.3) is 0 Å². The van der Waals surface area contributed by atoms with Crippen LogP contribution in [0.3, 0.4) is 0 Å². The first-order chi connectivity index (χ1) is 13.3. The van der Waals surface area contributed by atoms with Gasteiger partial charge in [-0.05, 0) is 61.9 Å². The Morgan fingerprint density at radius 1 is 1.04 bits per heavy atom. The van der Waals surface area contributed by atoms with Crippen molar-refractivity contribution in [2.75, 3.05) is 5.32 Å². The van der Waals surface area contributed by atoms with Gasteiger partial charge in [-0.2, -0.15) is 0 Å². The molecule has 27 heavy (non-hydrogen) atoms. The molecule has 4 heteroatoms. The molecule has 2 heterocycles. The van der Waals surface area contributed by atoms with Gasteiger partial charge in [0.05, 0.1) is 0 Å². The van der Waals surface area contributed by atoms with E-state index in [1.807, 2.05) is 48.7 Å². The van der Waals surface area contributed by atoms with Crippen LogP contribution in [-0.2, 0) is 24.2 Å². The molecule has 0 radical (unpaired) electrons. The number of fused-ring (bicyclic) bond motifs is 1. The first-order valence-corrected chi connectivity index (χ1v) is 9.78. The average molecular weight is 359 g/mol. The van der Waals surface area contributed by atoms with E-state index in [0.717, 1.165) is 42.9 Å². The van der Waals surface area contributed by atoms with Gasteiger partial charge in [0.15, 0.2) is 0 Å². The third-order valence-corrected chi connectivity index (χ3v) is 5.14. The van der Waals surface area contributed by atoms with Crippen LogP contribution in [0.5, 0.6) is 0 Å². The summed E-state index contributed by atoms with van der Waals surface area (Å²) in [5.74, 6) is 1.10. The predicted octanol–water partition coefficient (Wildman–Crippen LogP) is 4.85.